The number of anilines is 1. The first-order chi connectivity index (χ1) is 11.2. The van der Waals surface area contributed by atoms with E-state index in [-0.39, 0.29) is 36.9 Å². The number of carbonyl (C=O) groups is 2. The zero-order chi connectivity index (χ0) is 16.1. The lowest BCUT2D eigenvalue weighted by molar-refractivity contribution is -0.124. The average Bonchev–Trinajstić information content (AvgIpc) is 3.00. The highest BCUT2D eigenvalue weighted by atomic mass is 35.5. The molecule has 2 fully saturated rings. The van der Waals surface area contributed by atoms with Gasteiger partial charge in [-0.1, -0.05) is 6.07 Å². The first-order valence-corrected chi connectivity index (χ1v) is 8.26. The number of halogens is 1. The van der Waals surface area contributed by atoms with Crippen LogP contribution in [0.2, 0.25) is 0 Å². The van der Waals surface area contributed by atoms with Gasteiger partial charge in [0.05, 0.1) is 0 Å². The van der Waals surface area contributed by atoms with Crippen molar-refractivity contribution in [3.8, 4) is 5.75 Å². The highest BCUT2D eigenvalue weighted by molar-refractivity contribution is 5.95. The van der Waals surface area contributed by atoms with Crippen LogP contribution >= 0.6 is 12.4 Å². The third-order valence-electron chi connectivity index (χ3n) is 4.28. The number of piperidine rings is 1. The van der Waals surface area contributed by atoms with Crippen molar-refractivity contribution in [1.29, 1.82) is 0 Å². The van der Waals surface area contributed by atoms with E-state index in [0.717, 1.165) is 44.6 Å². The van der Waals surface area contributed by atoms with E-state index in [9.17, 15) is 9.59 Å². The first-order valence-electron chi connectivity index (χ1n) is 8.26. The molecule has 24 heavy (non-hydrogen) atoms. The summed E-state index contributed by atoms with van der Waals surface area (Å²) in [4.78, 5) is 25.5. The summed E-state index contributed by atoms with van der Waals surface area (Å²) < 4.78 is 5.58. The molecule has 0 radical (unpaired) electrons. The Hall–Kier alpha value is -1.79. The molecule has 0 aromatic heterocycles. The van der Waals surface area contributed by atoms with E-state index in [1.165, 1.54) is 0 Å². The maximum atomic E-state index is 12.0. The monoisotopic (exact) mass is 353 g/mol. The van der Waals surface area contributed by atoms with Crippen LogP contribution in [0.4, 0.5) is 5.69 Å². The predicted octanol–water partition coefficient (Wildman–Crippen LogP) is 1.48. The van der Waals surface area contributed by atoms with Gasteiger partial charge >= 0.3 is 0 Å². The number of amides is 2. The number of ether oxygens (including phenoxy) is 1. The Balaban J connectivity index is 0.00000208. The molecule has 2 heterocycles. The Morgan fingerprint density at radius 3 is 2.83 bits per heavy atom. The lowest BCUT2D eigenvalue weighted by Crippen LogP contribution is -2.44. The van der Waals surface area contributed by atoms with Gasteiger partial charge in [-0.25, -0.2) is 0 Å². The fourth-order valence-electron chi connectivity index (χ4n) is 3.05. The molecule has 132 valence electrons. The van der Waals surface area contributed by atoms with Gasteiger partial charge in [0.15, 0.2) is 6.61 Å². The van der Waals surface area contributed by atoms with Crippen molar-refractivity contribution in [2.45, 2.75) is 31.7 Å². The third-order valence-corrected chi connectivity index (χ3v) is 4.28. The quantitative estimate of drug-likeness (QED) is 0.841. The van der Waals surface area contributed by atoms with E-state index in [1.54, 1.807) is 4.90 Å². The lowest BCUT2D eigenvalue weighted by Gasteiger charge is -2.23. The average molecular weight is 354 g/mol. The fraction of sp³-hybridized carbons (Fsp3) is 0.529. The van der Waals surface area contributed by atoms with Crippen molar-refractivity contribution in [2.75, 3.05) is 31.1 Å². The highest BCUT2D eigenvalue weighted by Gasteiger charge is 2.22. The van der Waals surface area contributed by atoms with E-state index >= 15 is 0 Å². The minimum absolute atomic E-state index is 0. The maximum Gasteiger partial charge on any atom is 0.258 e. The number of carbonyl (C=O) groups excluding carboxylic acids is 2. The van der Waals surface area contributed by atoms with Gasteiger partial charge in [-0.05, 0) is 44.5 Å². The van der Waals surface area contributed by atoms with E-state index in [4.69, 9.17) is 4.74 Å². The summed E-state index contributed by atoms with van der Waals surface area (Å²) in [5.74, 6) is 0.660. The number of benzene rings is 1. The molecule has 2 aliphatic rings. The van der Waals surface area contributed by atoms with Crippen molar-refractivity contribution in [1.82, 2.24) is 10.6 Å². The van der Waals surface area contributed by atoms with Crippen molar-refractivity contribution in [2.24, 2.45) is 0 Å². The van der Waals surface area contributed by atoms with Crippen LogP contribution in [0.3, 0.4) is 0 Å². The zero-order valence-corrected chi connectivity index (χ0v) is 14.4. The third kappa shape index (κ3) is 4.85. The summed E-state index contributed by atoms with van der Waals surface area (Å²) >= 11 is 0. The van der Waals surface area contributed by atoms with Crippen molar-refractivity contribution >= 4 is 29.9 Å². The molecule has 2 amide bonds. The predicted molar refractivity (Wildman–Crippen MR) is 94.8 cm³/mol. The van der Waals surface area contributed by atoms with Crippen LogP contribution in [0.5, 0.6) is 5.75 Å². The largest absolute Gasteiger partial charge is 0.484 e. The van der Waals surface area contributed by atoms with Gasteiger partial charge < -0.3 is 20.3 Å². The standard InChI is InChI=1S/C17H23N3O3.ClH/c21-16(19-13-6-8-18-9-7-13)12-23-15-4-1-3-14(11-15)20-10-2-5-17(20)22;/h1,3-4,11,13,18H,2,5-10,12H2,(H,19,21);1H. The van der Waals surface area contributed by atoms with E-state index in [0.29, 0.717) is 12.2 Å². The Labute approximate surface area is 148 Å². The van der Waals surface area contributed by atoms with Crippen molar-refractivity contribution in [3.63, 3.8) is 0 Å². The molecule has 1 aromatic rings. The number of nitrogens with zero attached hydrogens (tertiary/aromatic N) is 1. The number of nitrogens with one attached hydrogen (secondary N) is 2. The van der Waals surface area contributed by atoms with Gasteiger partial charge in [-0.2, -0.15) is 0 Å². The van der Waals surface area contributed by atoms with Crippen LogP contribution in [-0.2, 0) is 9.59 Å². The van der Waals surface area contributed by atoms with Gasteiger partial charge in [0.2, 0.25) is 5.91 Å². The lowest BCUT2D eigenvalue weighted by atomic mass is 10.1. The van der Waals surface area contributed by atoms with Crippen molar-refractivity contribution < 1.29 is 14.3 Å². The number of hydrogen-bond acceptors (Lipinski definition) is 4. The molecule has 0 atom stereocenters. The molecule has 2 N–H and O–H groups in total. The van der Waals surface area contributed by atoms with E-state index in [1.807, 2.05) is 24.3 Å². The zero-order valence-electron chi connectivity index (χ0n) is 13.6. The molecule has 0 saturated carbocycles. The van der Waals surface area contributed by atoms with Gasteiger partial charge in [-0.3, -0.25) is 9.59 Å². The molecule has 2 aliphatic heterocycles. The van der Waals surface area contributed by atoms with Crippen molar-refractivity contribution in [3.05, 3.63) is 24.3 Å². The molecule has 7 heteroatoms. The minimum Gasteiger partial charge on any atom is -0.484 e. The Bertz CT molecular complexity index is 576. The molecule has 0 aliphatic carbocycles. The van der Waals surface area contributed by atoms with Crippen LogP contribution in [0.1, 0.15) is 25.7 Å². The molecule has 1 aromatic carbocycles. The second kappa shape index (κ2) is 8.89. The van der Waals surface area contributed by atoms with Crippen LogP contribution in [0, 0.1) is 0 Å². The first kappa shape index (κ1) is 18.5. The second-order valence-corrected chi connectivity index (χ2v) is 6.03. The van der Waals surface area contributed by atoms with Gasteiger partial charge in [0.25, 0.3) is 5.91 Å². The van der Waals surface area contributed by atoms with Crippen LogP contribution in [-0.4, -0.2) is 44.1 Å². The SMILES string of the molecule is Cl.O=C(COc1cccc(N2CCCC2=O)c1)NC1CCNCC1. The molecule has 0 unspecified atom stereocenters. The summed E-state index contributed by atoms with van der Waals surface area (Å²) in [6.45, 7) is 2.63. The molecule has 2 saturated heterocycles. The maximum absolute atomic E-state index is 12.0. The molecule has 6 nitrogen and oxygen atoms in total. The fourth-order valence-corrected chi connectivity index (χ4v) is 3.05. The second-order valence-electron chi connectivity index (χ2n) is 6.03. The Morgan fingerprint density at radius 2 is 2.12 bits per heavy atom. The topological polar surface area (TPSA) is 70.7 Å². The smallest absolute Gasteiger partial charge is 0.258 e. The van der Waals surface area contributed by atoms with Gasteiger partial charge in [-0.15, -0.1) is 12.4 Å². The molecular weight excluding hydrogens is 330 g/mol. The van der Waals surface area contributed by atoms with Gasteiger partial charge in [0.1, 0.15) is 5.75 Å². The van der Waals surface area contributed by atoms with Crippen LogP contribution in [0.25, 0.3) is 0 Å². The van der Waals surface area contributed by atoms with E-state index < -0.39 is 0 Å². The normalized spacial score (nSPS) is 18.2. The molecule has 3 rings (SSSR count). The van der Waals surface area contributed by atoms with Gasteiger partial charge in [0, 0.05) is 30.8 Å². The summed E-state index contributed by atoms with van der Waals surface area (Å²) in [7, 11) is 0. The molecular formula is C17H24ClN3O3. The summed E-state index contributed by atoms with van der Waals surface area (Å²) in [5.41, 5.74) is 0.837. The minimum atomic E-state index is -0.0976. The number of rotatable bonds is 5. The van der Waals surface area contributed by atoms with Crippen LogP contribution < -0.4 is 20.3 Å². The Morgan fingerprint density at radius 1 is 1.33 bits per heavy atom. The molecule has 0 bridgehead atoms. The summed E-state index contributed by atoms with van der Waals surface area (Å²) in [5, 5.41) is 6.26. The van der Waals surface area contributed by atoms with E-state index in [2.05, 4.69) is 10.6 Å². The summed E-state index contributed by atoms with van der Waals surface area (Å²) in [6, 6.07) is 7.61. The summed E-state index contributed by atoms with van der Waals surface area (Å²) in [6.07, 6.45) is 3.41. The molecule has 0 spiro atoms. The van der Waals surface area contributed by atoms with Crippen LogP contribution in [0.15, 0.2) is 24.3 Å². The Kier molecular flexibility index (Phi) is 6.87. The highest BCUT2D eigenvalue weighted by Crippen LogP contribution is 2.25. The number of hydrogen-bond donors (Lipinski definition) is 2.